The monoisotopic (exact) mass is 279 g/mol. The first kappa shape index (κ1) is 15.6. The molecule has 0 aliphatic carbocycles. The van der Waals surface area contributed by atoms with E-state index in [2.05, 4.69) is 0 Å². The van der Waals surface area contributed by atoms with Crippen LogP contribution in [0.3, 0.4) is 0 Å². The summed E-state index contributed by atoms with van der Waals surface area (Å²) in [6.45, 7) is 3.55. The molecule has 20 heavy (non-hydrogen) atoms. The van der Waals surface area contributed by atoms with Crippen molar-refractivity contribution in [2.24, 2.45) is 5.73 Å². The van der Waals surface area contributed by atoms with Crippen molar-refractivity contribution >= 4 is 17.5 Å². The van der Waals surface area contributed by atoms with Crippen LogP contribution in [0.15, 0.2) is 18.2 Å². The number of amides is 2. The van der Waals surface area contributed by atoms with Crippen LogP contribution < -0.4 is 5.73 Å². The van der Waals surface area contributed by atoms with Crippen LogP contribution in [-0.2, 0) is 16.0 Å². The summed E-state index contributed by atoms with van der Waals surface area (Å²) in [7, 11) is 0. The van der Waals surface area contributed by atoms with Gasteiger partial charge in [0, 0.05) is 18.2 Å². The average molecular weight is 279 g/mol. The van der Waals surface area contributed by atoms with Gasteiger partial charge in [0.1, 0.15) is 0 Å². The maximum Gasteiger partial charge on any atom is 0.272 e. The molecular formula is C13H17N3O4. The molecule has 1 aromatic rings. The van der Waals surface area contributed by atoms with E-state index in [9.17, 15) is 19.7 Å². The molecule has 0 aliphatic heterocycles. The lowest BCUT2D eigenvalue weighted by atomic mass is 10.0. The number of carbonyl (C=O) groups excluding carboxylic acids is 2. The third-order valence-electron chi connectivity index (χ3n) is 3.04. The van der Waals surface area contributed by atoms with E-state index in [0.717, 1.165) is 0 Å². The first-order valence-electron chi connectivity index (χ1n) is 6.15. The zero-order chi connectivity index (χ0) is 15.3. The van der Waals surface area contributed by atoms with Crippen molar-refractivity contribution in [3.05, 3.63) is 39.4 Å². The maximum atomic E-state index is 12.1. The lowest BCUT2D eigenvalue weighted by molar-refractivity contribution is -0.385. The Balaban J connectivity index is 2.93. The predicted octanol–water partition coefficient (Wildman–Crippen LogP) is 0.780. The van der Waals surface area contributed by atoms with Crippen molar-refractivity contribution in [1.29, 1.82) is 0 Å². The normalized spacial score (nSPS) is 10.1. The Kier molecular flexibility index (Phi) is 5.19. The molecule has 0 atom stereocenters. The summed E-state index contributed by atoms with van der Waals surface area (Å²) in [6.07, 6.45) is 0.00856. The smallest absolute Gasteiger partial charge is 0.272 e. The molecule has 0 saturated heterocycles. The summed E-state index contributed by atoms with van der Waals surface area (Å²) in [5, 5.41) is 10.8. The van der Waals surface area contributed by atoms with Crippen molar-refractivity contribution in [3.8, 4) is 0 Å². The molecule has 108 valence electrons. The number of hydrogen-bond donors (Lipinski definition) is 1. The molecule has 0 fully saturated rings. The van der Waals surface area contributed by atoms with Crippen LogP contribution in [0, 0.1) is 17.0 Å². The van der Waals surface area contributed by atoms with Gasteiger partial charge in [-0.1, -0.05) is 12.1 Å². The summed E-state index contributed by atoms with van der Waals surface area (Å²) in [4.78, 5) is 34.6. The topological polar surface area (TPSA) is 107 Å². The molecule has 7 heteroatoms. The van der Waals surface area contributed by atoms with E-state index in [1.807, 2.05) is 0 Å². The fraction of sp³-hybridized carbons (Fsp3) is 0.385. The second kappa shape index (κ2) is 6.65. The van der Waals surface area contributed by atoms with Gasteiger partial charge in [-0.3, -0.25) is 19.7 Å². The van der Waals surface area contributed by atoms with Crippen molar-refractivity contribution in [3.63, 3.8) is 0 Å². The predicted molar refractivity (Wildman–Crippen MR) is 73.0 cm³/mol. The third-order valence-corrected chi connectivity index (χ3v) is 3.04. The number of likely N-dealkylation sites (N-methyl/N-ethyl adjacent to an activating group) is 1. The molecule has 0 radical (unpaired) electrons. The molecular weight excluding hydrogens is 262 g/mol. The van der Waals surface area contributed by atoms with Crippen LogP contribution >= 0.6 is 0 Å². The molecule has 7 nitrogen and oxygen atoms in total. The largest absolute Gasteiger partial charge is 0.368 e. The molecule has 2 N–H and O–H groups in total. The number of carbonyl (C=O) groups is 2. The van der Waals surface area contributed by atoms with Crippen LogP contribution in [0.1, 0.15) is 18.1 Å². The fourth-order valence-corrected chi connectivity index (χ4v) is 1.90. The molecule has 0 heterocycles. The number of nitrogens with zero attached hydrogens (tertiary/aromatic N) is 2. The minimum absolute atomic E-state index is 0.00856. The lowest BCUT2D eigenvalue weighted by Crippen LogP contribution is -2.39. The zero-order valence-electron chi connectivity index (χ0n) is 11.5. The van der Waals surface area contributed by atoms with Crippen molar-refractivity contribution in [2.75, 3.05) is 13.1 Å². The average Bonchev–Trinajstić information content (AvgIpc) is 2.37. The lowest BCUT2D eigenvalue weighted by Gasteiger charge is -2.19. The summed E-state index contributed by atoms with van der Waals surface area (Å²) < 4.78 is 0. The standard InChI is InChI=1S/C13H17N3O4/c1-3-15(8-12(14)17)13(18)7-10-5-4-6-11(9(10)2)16(19)20/h4-6H,3,7-8H2,1-2H3,(H2,14,17). The Hall–Kier alpha value is -2.44. The SMILES string of the molecule is CCN(CC(N)=O)C(=O)Cc1cccc([N+](=O)[O-])c1C. The Labute approximate surface area is 116 Å². The highest BCUT2D eigenvalue weighted by molar-refractivity contribution is 5.85. The first-order chi connectivity index (χ1) is 9.36. The van der Waals surface area contributed by atoms with E-state index in [-0.39, 0.29) is 24.6 Å². The molecule has 0 aliphatic rings. The molecule has 1 aromatic carbocycles. The van der Waals surface area contributed by atoms with E-state index in [1.165, 1.54) is 17.0 Å². The minimum atomic E-state index is -0.587. The number of primary amides is 1. The van der Waals surface area contributed by atoms with Gasteiger partial charge in [0.05, 0.1) is 17.9 Å². The van der Waals surface area contributed by atoms with Gasteiger partial charge < -0.3 is 10.6 Å². The van der Waals surface area contributed by atoms with Gasteiger partial charge in [0.2, 0.25) is 11.8 Å². The third kappa shape index (κ3) is 3.78. The molecule has 0 aromatic heterocycles. The molecule has 0 saturated carbocycles. The van der Waals surface area contributed by atoms with Gasteiger partial charge in [-0.05, 0) is 19.4 Å². The fourth-order valence-electron chi connectivity index (χ4n) is 1.90. The number of nitrogens with two attached hydrogens (primary N) is 1. The van der Waals surface area contributed by atoms with Crippen LogP contribution in [0.5, 0.6) is 0 Å². The number of nitro benzene ring substituents is 1. The highest BCUT2D eigenvalue weighted by Crippen LogP contribution is 2.21. The van der Waals surface area contributed by atoms with Gasteiger partial charge in [-0.2, -0.15) is 0 Å². The van der Waals surface area contributed by atoms with Gasteiger partial charge in [-0.25, -0.2) is 0 Å². The molecule has 1 rings (SSSR count). The highest BCUT2D eigenvalue weighted by Gasteiger charge is 2.18. The summed E-state index contributed by atoms with van der Waals surface area (Å²) in [5.74, 6) is -0.870. The van der Waals surface area contributed by atoms with Gasteiger partial charge >= 0.3 is 0 Å². The number of hydrogen-bond acceptors (Lipinski definition) is 4. The Morgan fingerprint density at radius 2 is 2.05 bits per heavy atom. The van der Waals surface area contributed by atoms with E-state index in [0.29, 0.717) is 17.7 Å². The Morgan fingerprint density at radius 1 is 1.40 bits per heavy atom. The van der Waals surface area contributed by atoms with E-state index < -0.39 is 10.8 Å². The van der Waals surface area contributed by atoms with Gasteiger partial charge in [0.25, 0.3) is 5.69 Å². The Morgan fingerprint density at radius 3 is 2.55 bits per heavy atom. The number of nitro groups is 1. The van der Waals surface area contributed by atoms with Crippen LogP contribution in [0.2, 0.25) is 0 Å². The maximum absolute atomic E-state index is 12.1. The van der Waals surface area contributed by atoms with Crippen molar-refractivity contribution in [1.82, 2.24) is 4.90 Å². The molecule has 2 amide bonds. The zero-order valence-corrected chi connectivity index (χ0v) is 11.5. The highest BCUT2D eigenvalue weighted by atomic mass is 16.6. The van der Waals surface area contributed by atoms with Gasteiger partial charge in [-0.15, -0.1) is 0 Å². The second-order valence-electron chi connectivity index (χ2n) is 4.37. The minimum Gasteiger partial charge on any atom is -0.368 e. The quantitative estimate of drug-likeness (QED) is 0.613. The summed E-state index contributed by atoms with van der Waals surface area (Å²) in [6, 6.07) is 4.60. The Bertz CT molecular complexity index is 542. The second-order valence-corrected chi connectivity index (χ2v) is 4.37. The van der Waals surface area contributed by atoms with E-state index in [4.69, 9.17) is 5.73 Å². The van der Waals surface area contributed by atoms with Crippen LogP contribution in [0.4, 0.5) is 5.69 Å². The van der Waals surface area contributed by atoms with Crippen molar-refractivity contribution in [2.45, 2.75) is 20.3 Å². The van der Waals surface area contributed by atoms with Crippen molar-refractivity contribution < 1.29 is 14.5 Å². The number of benzene rings is 1. The van der Waals surface area contributed by atoms with E-state index in [1.54, 1.807) is 19.9 Å². The summed E-state index contributed by atoms with van der Waals surface area (Å²) >= 11 is 0. The molecule has 0 bridgehead atoms. The van der Waals surface area contributed by atoms with Crippen LogP contribution in [0.25, 0.3) is 0 Å². The number of rotatable bonds is 6. The summed E-state index contributed by atoms with van der Waals surface area (Å²) in [5.41, 5.74) is 6.09. The van der Waals surface area contributed by atoms with E-state index >= 15 is 0 Å². The molecule has 0 unspecified atom stereocenters. The molecule has 0 spiro atoms. The van der Waals surface area contributed by atoms with Crippen LogP contribution in [-0.4, -0.2) is 34.7 Å². The first-order valence-corrected chi connectivity index (χ1v) is 6.15. The van der Waals surface area contributed by atoms with Gasteiger partial charge in [0.15, 0.2) is 0 Å².